The van der Waals surface area contributed by atoms with Crippen LogP contribution < -0.4 is 26.5 Å². The number of hydrogen-bond donors (Lipinski definition) is 0. The van der Waals surface area contributed by atoms with Gasteiger partial charge in [-0.3, -0.25) is 0 Å². The van der Waals surface area contributed by atoms with Crippen LogP contribution in [0.2, 0.25) is 10.0 Å². The molecule has 0 N–H and O–H groups in total. The van der Waals surface area contributed by atoms with E-state index >= 15 is 0 Å². The van der Waals surface area contributed by atoms with Gasteiger partial charge in [-0.25, -0.2) is 0 Å². The van der Waals surface area contributed by atoms with E-state index in [2.05, 4.69) is 127 Å². The second-order valence-electron chi connectivity index (χ2n) is 8.03. The van der Waals surface area contributed by atoms with Gasteiger partial charge in [-0.1, -0.05) is 0 Å². The molecule has 0 nitrogen and oxygen atoms in total. The van der Waals surface area contributed by atoms with E-state index in [1.165, 1.54) is 21.2 Å². The van der Waals surface area contributed by atoms with Gasteiger partial charge in [-0.2, -0.15) is 0 Å². The molecule has 0 unspecified atom stereocenters. The van der Waals surface area contributed by atoms with Gasteiger partial charge < -0.3 is 0 Å². The van der Waals surface area contributed by atoms with Crippen LogP contribution in [0.25, 0.3) is 0 Å². The van der Waals surface area contributed by atoms with E-state index in [1.54, 1.807) is 0 Å². The van der Waals surface area contributed by atoms with Crippen molar-refractivity contribution in [1.29, 1.82) is 0 Å². The van der Waals surface area contributed by atoms with Crippen molar-refractivity contribution in [3.8, 4) is 0 Å². The Morgan fingerprint density at radius 2 is 0.697 bits per heavy atom. The van der Waals surface area contributed by atoms with Crippen LogP contribution in [-0.4, -0.2) is 0 Å². The van der Waals surface area contributed by atoms with E-state index in [0.29, 0.717) is 10.0 Å². The summed E-state index contributed by atoms with van der Waals surface area (Å²) in [4.78, 5) is 0. The van der Waals surface area contributed by atoms with Gasteiger partial charge in [-0.15, -0.1) is 0 Å². The van der Waals surface area contributed by atoms with Crippen LogP contribution in [0.4, 0.5) is 0 Å². The summed E-state index contributed by atoms with van der Waals surface area (Å²) < 4.78 is 0. The Labute approximate surface area is 205 Å². The second kappa shape index (κ2) is 8.81. The van der Waals surface area contributed by atoms with Crippen LogP contribution in [0.5, 0.6) is 0 Å². The van der Waals surface area contributed by atoms with E-state index in [-0.39, 0.29) is 0 Å². The molecule has 0 aliphatic heterocycles. The summed E-state index contributed by atoms with van der Waals surface area (Å²) in [5.74, 6) is 0. The van der Waals surface area contributed by atoms with Gasteiger partial charge in [0.05, 0.1) is 0 Å². The van der Waals surface area contributed by atoms with Gasteiger partial charge in [0.1, 0.15) is 0 Å². The van der Waals surface area contributed by atoms with Gasteiger partial charge in [-0.05, 0) is 0 Å². The van der Waals surface area contributed by atoms with Gasteiger partial charge in [0.15, 0.2) is 0 Å². The molecule has 0 atom stereocenters. The Hall–Kier alpha value is -2.89. The normalized spacial score (nSPS) is 12.6. The fourth-order valence-electron chi connectivity index (χ4n) is 5.19. The molecule has 33 heavy (non-hydrogen) atoms. The quantitative estimate of drug-likeness (QED) is 0.250. The number of hydrogen-bond acceptors (Lipinski definition) is 0. The first kappa shape index (κ1) is 21.9. The Bertz CT molecular complexity index is 1200. The van der Waals surface area contributed by atoms with Crippen molar-refractivity contribution < 1.29 is 0 Å². The fourth-order valence-corrected chi connectivity index (χ4v) is 12.9. The third-order valence-electron chi connectivity index (χ3n) is 6.50. The third kappa shape index (κ3) is 3.10. The second-order valence-corrected chi connectivity index (χ2v) is 13.6. The topological polar surface area (TPSA) is 0 Å². The molecule has 0 amide bonds. The Kier molecular flexibility index (Phi) is 5.85. The summed E-state index contributed by atoms with van der Waals surface area (Å²) in [5.41, 5.74) is 0. The standard InChI is InChI=1S/C30H23Cl2P/c31-28-22-13-23-29(30(28)32)33(24-14-5-1-6-15-24,25-16-7-2-8-17-25,26-18-9-3-10-19-26)27-20-11-4-12-21-27/h1-23H. The molecule has 0 fully saturated rings. The zero-order chi connectivity index (χ0) is 22.8. The number of rotatable bonds is 5. The van der Waals surface area contributed by atoms with Crippen LogP contribution in [0.15, 0.2) is 140 Å². The van der Waals surface area contributed by atoms with Gasteiger partial charge in [0, 0.05) is 0 Å². The fraction of sp³-hybridized carbons (Fsp3) is 0. The van der Waals surface area contributed by atoms with E-state index in [9.17, 15) is 0 Å². The summed E-state index contributed by atoms with van der Waals surface area (Å²) in [7, 11) is 0. The van der Waals surface area contributed by atoms with Crippen molar-refractivity contribution >= 4 is 56.3 Å². The van der Waals surface area contributed by atoms with Crippen LogP contribution in [0.3, 0.4) is 0 Å². The molecule has 5 aromatic carbocycles. The molecule has 162 valence electrons. The summed E-state index contributed by atoms with van der Waals surface area (Å²) in [5, 5.41) is 7.07. The molecule has 0 aliphatic rings. The molecular weight excluding hydrogens is 462 g/mol. The van der Waals surface area contributed by atoms with Crippen molar-refractivity contribution in [3.05, 3.63) is 150 Å². The summed E-state index contributed by atoms with van der Waals surface area (Å²) in [6.07, 6.45) is 0. The van der Waals surface area contributed by atoms with Crippen LogP contribution in [-0.2, 0) is 0 Å². The molecule has 0 bridgehead atoms. The summed E-state index contributed by atoms with van der Waals surface area (Å²) in [6, 6.07) is 49.1. The van der Waals surface area contributed by atoms with Crippen molar-refractivity contribution in [2.45, 2.75) is 0 Å². The van der Waals surface area contributed by atoms with E-state index in [0.717, 1.165) is 5.30 Å². The van der Waals surface area contributed by atoms with E-state index < -0.39 is 6.60 Å². The Morgan fingerprint density at radius 3 is 1.03 bits per heavy atom. The van der Waals surface area contributed by atoms with E-state index in [1.807, 2.05) is 12.1 Å². The molecule has 5 aromatic rings. The summed E-state index contributed by atoms with van der Waals surface area (Å²) >= 11 is 13.9. The molecule has 0 heterocycles. The first-order valence-corrected chi connectivity index (χ1v) is 13.9. The van der Waals surface area contributed by atoms with Crippen LogP contribution in [0.1, 0.15) is 0 Å². The maximum absolute atomic E-state index is 7.17. The first-order valence-electron chi connectivity index (χ1n) is 10.9. The minimum absolute atomic E-state index is 0.557. The van der Waals surface area contributed by atoms with Crippen LogP contribution >= 0.6 is 29.8 Å². The molecule has 0 saturated carbocycles. The molecule has 0 spiro atoms. The molecule has 3 heteroatoms. The monoisotopic (exact) mass is 484 g/mol. The Balaban J connectivity index is 2.19. The van der Waals surface area contributed by atoms with E-state index in [4.69, 9.17) is 23.2 Å². The molecule has 0 aromatic heterocycles. The van der Waals surface area contributed by atoms with Gasteiger partial charge in [0.2, 0.25) is 0 Å². The van der Waals surface area contributed by atoms with Crippen molar-refractivity contribution in [2.75, 3.05) is 0 Å². The molecule has 0 radical (unpaired) electrons. The minimum atomic E-state index is -3.56. The SMILES string of the molecule is Clc1cccc(P(c2ccccc2)(c2ccccc2)(c2ccccc2)c2ccccc2)c1Cl. The molecular formula is C30H23Cl2P. The van der Waals surface area contributed by atoms with Crippen molar-refractivity contribution in [2.24, 2.45) is 0 Å². The molecule has 5 rings (SSSR count). The van der Waals surface area contributed by atoms with Crippen molar-refractivity contribution in [1.82, 2.24) is 0 Å². The molecule has 0 saturated heterocycles. The zero-order valence-corrected chi connectivity index (χ0v) is 20.4. The van der Waals surface area contributed by atoms with Gasteiger partial charge in [0.25, 0.3) is 0 Å². The summed E-state index contributed by atoms with van der Waals surface area (Å²) in [6.45, 7) is -3.56. The Morgan fingerprint density at radius 1 is 0.364 bits per heavy atom. The molecule has 0 aliphatic carbocycles. The number of benzene rings is 5. The number of halogens is 2. The maximum atomic E-state index is 7.17. The predicted octanol–water partition coefficient (Wildman–Crippen LogP) is 6.47. The average molecular weight is 485 g/mol. The average Bonchev–Trinajstić information content (AvgIpc) is 2.90. The van der Waals surface area contributed by atoms with Crippen molar-refractivity contribution in [3.63, 3.8) is 0 Å². The first-order chi connectivity index (χ1) is 16.2. The van der Waals surface area contributed by atoms with Crippen LogP contribution in [0, 0.1) is 0 Å². The zero-order valence-electron chi connectivity index (χ0n) is 18.0. The third-order valence-corrected chi connectivity index (χ3v) is 14.1. The predicted molar refractivity (Wildman–Crippen MR) is 147 cm³/mol. The van der Waals surface area contributed by atoms with Gasteiger partial charge >= 0.3 is 206 Å².